The normalized spacial score (nSPS) is 16.7. The fourth-order valence-corrected chi connectivity index (χ4v) is 2.66. The summed E-state index contributed by atoms with van der Waals surface area (Å²) in [4.78, 5) is 13.9. The highest BCUT2D eigenvalue weighted by Gasteiger charge is 2.22. The van der Waals surface area contributed by atoms with Crippen LogP contribution in [-0.4, -0.2) is 30.6 Å². The van der Waals surface area contributed by atoms with Crippen molar-refractivity contribution in [3.05, 3.63) is 65.7 Å². The summed E-state index contributed by atoms with van der Waals surface area (Å²) in [5.41, 5.74) is 3.36. The van der Waals surface area contributed by atoms with Crippen LogP contribution >= 0.6 is 0 Å². The minimum Gasteiger partial charge on any atom is -0.371 e. The maximum absolute atomic E-state index is 12.2. The molecule has 1 aliphatic heterocycles. The number of anilines is 1. The van der Waals surface area contributed by atoms with Gasteiger partial charge in [-0.25, -0.2) is 4.79 Å². The summed E-state index contributed by atoms with van der Waals surface area (Å²) in [7, 11) is 1.79. The third-order valence-corrected chi connectivity index (χ3v) is 3.89. The summed E-state index contributed by atoms with van der Waals surface area (Å²) in [6, 6.07) is 17.7. The van der Waals surface area contributed by atoms with E-state index in [1.54, 1.807) is 11.9 Å². The Labute approximate surface area is 130 Å². The number of nitrogens with zero attached hydrogens (tertiary/aromatic N) is 1. The Kier molecular flexibility index (Phi) is 4.39. The quantitative estimate of drug-likeness (QED) is 0.944. The second-order valence-corrected chi connectivity index (χ2v) is 5.58. The zero-order chi connectivity index (χ0) is 15.4. The standard InChI is InChI=1S/C18H20N2O2/c1-20(18(21)19-16-9-3-2-4-10-16)12-17-11-14-7-5-6-8-15(14)13-22-17/h2-10,17H,11-13H2,1H3,(H,19,21). The molecule has 22 heavy (non-hydrogen) atoms. The van der Waals surface area contributed by atoms with Gasteiger partial charge in [0.25, 0.3) is 0 Å². The van der Waals surface area contributed by atoms with Crippen molar-refractivity contribution in [1.29, 1.82) is 0 Å². The highest BCUT2D eigenvalue weighted by molar-refractivity contribution is 5.89. The lowest BCUT2D eigenvalue weighted by atomic mass is 9.99. The van der Waals surface area contributed by atoms with Crippen LogP contribution in [0.25, 0.3) is 0 Å². The Bertz CT molecular complexity index is 643. The highest BCUT2D eigenvalue weighted by Crippen LogP contribution is 2.20. The van der Waals surface area contributed by atoms with Gasteiger partial charge >= 0.3 is 6.03 Å². The average molecular weight is 296 g/mol. The smallest absolute Gasteiger partial charge is 0.321 e. The number of para-hydroxylation sites is 1. The third kappa shape index (κ3) is 3.46. The van der Waals surface area contributed by atoms with Crippen molar-refractivity contribution in [1.82, 2.24) is 4.90 Å². The molecule has 1 N–H and O–H groups in total. The molecule has 0 saturated heterocycles. The first-order valence-electron chi connectivity index (χ1n) is 7.48. The number of amides is 2. The van der Waals surface area contributed by atoms with Crippen molar-refractivity contribution in [3.63, 3.8) is 0 Å². The fraction of sp³-hybridized carbons (Fsp3) is 0.278. The van der Waals surface area contributed by atoms with E-state index in [9.17, 15) is 4.79 Å². The van der Waals surface area contributed by atoms with Crippen molar-refractivity contribution in [2.24, 2.45) is 0 Å². The van der Waals surface area contributed by atoms with Gasteiger partial charge in [0.15, 0.2) is 0 Å². The van der Waals surface area contributed by atoms with E-state index in [-0.39, 0.29) is 12.1 Å². The predicted molar refractivity (Wildman–Crippen MR) is 86.8 cm³/mol. The van der Waals surface area contributed by atoms with E-state index >= 15 is 0 Å². The van der Waals surface area contributed by atoms with Crippen LogP contribution in [0.1, 0.15) is 11.1 Å². The van der Waals surface area contributed by atoms with Gasteiger partial charge in [0.05, 0.1) is 12.7 Å². The Hall–Kier alpha value is -2.33. The van der Waals surface area contributed by atoms with Crippen molar-refractivity contribution >= 4 is 11.7 Å². The summed E-state index contributed by atoms with van der Waals surface area (Å²) in [6.45, 7) is 1.20. The Morgan fingerprint density at radius 2 is 1.82 bits per heavy atom. The maximum Gasteiger partial charge on any atom is 0.321 e. The number of rotatable bonds is 3. The van der Waals surface area contributed by atoms with E-state index in [0.717, 1.165) is 12.1 Å². The van der Waals surface area contributed by atoms with E-state index in [0.29, 0.717) is 13.2 Å². The number of hydrogen-bond donors (Lipinski definition) is 1. The molecule has 4 nitrogen and oxygen atoms in total. The Balaban J connectivity index is 1.56. The van der Waals surface area contributed by atoms with Gasteiger partial charge in [0, 0.05) is 25.7 Å². The van der Waals surface area contributed by atoms with Crippen molar-refractivity contribution in [3.8, 4) is 0 Å². The van der Waals surface area contributed by atoms with Gasteiger partial charge in [-0.15, -0.1) is 0 Å². The lowest BCUT2D eigenvalue weighted by Crippen LogP contribution is -2.40. The summed E-state index contributed by atoms with van der Waals surface area (Å²) in [5.74, 6) is 0. The van der Waals surface area contributed by atoms with Crippen molar-refractivity contribution in [2.75, 3.05) is 18.9 Å². The lowest BCUT2D eigenvalue weighted by molar-refractivity contribution is 0.0159. The molecular weight excluding hydrogens is 276 g/mol. The molecule has 0 fully saturated rings. The van der Waals surface area contributed by atoms with Crippen LogP contribution in [0, 0.1) is 0 Å². The molecule has 0 aliphatic carbocycles. The molecule has 4 heteroatoms. The van der Waals surface area contributed by atoms with Crippen LogP contribution in [0.2, 0.25) is 0 Å². The molecule has 2 aromatic carbocycles. The van der Waals surface area contributed by atoms with Gasteiger partial charge in [0.1, 0.15) is 0 Å². The number of carbonyl (C=O) groups excluding carboxylic acids is 1. The second kappa shape index (κ2) is 6.62. The molecule has 1 aliphatic rings. The number of benzene rings is 2. The van der Waals surface area contributed by atoms with E-state index < -0.39 is 0 Å². The van der Waals surface area contributed by atoms with E-state index in [2.05, 4.69) is 17.4 Å². The first kappa shape index (κ1) is 14.6. The second-order valence-electron chi connectivity index (χ2n) is 5.58. The largest absolute Gasteiger partial charge is 0.371 e. The topological polar surface area (TPSA) is 41.6 Å². The summed E-state index contributed by atoms with van der Waals surface area (Å²) >= 11 is 0. The van der Waals surface area contributed by atoms with Crippen LogP contribution in [0.4, 0.5) is 10.5 Å². The first-order chi connectivity index (χ1) is 10.7. The fourth-order valence-electron chi connectivity index (χ4n) is 2.66. The van der Waals surface area contributed by atoms with Crippen LogP contribution in [0.5, 0.6) is 0 Å². The van der Waals surface area contributed by atoms with Crippen molar-refractivity contribution < 1.29 is 9.53 Å². The van der Waals surface area contributed by atoms with Gasteiger partial charge in [-0.2, -0.15) is 0 Å². The maximum atomic E-state index is 12.2. The average Bonchev–Trinajstić information content (AvgIpc) is 2.55. The van der Waals surface area contributed by atoms with Crippen LogP contribution in [0.3, 0.4) is 0 Å². The zero-order valence-corrected chi connectivity index (χ0v) is 12.7. The zero-order valence-electron chi connectivity index (χ0n) is 12.7. The highest BCUT2D eigenvalue weighted by atomic mass is 16.5. The third-order valence-electron chi connectivity index (χ3n) is 3.89. The van der Waals surface area contributed by atoms with E-state index in [1.807, 2.05) is 42.5 Å². The summed E-state index contributed by atoms with van der Waals surface area (Å²) in [6.07, 6.45) is 0.889. The SMILES string of the molecule is CN(CC1Cc2ccccc2CO1)C(=O)Nc1ccccc1. The van der Waals surface area contributed by atoms with Gasteiger partial charge in [-0.1, -0.05) is 42.5 Å². The molecule has 114 valence electrons. The molecular formula is C18H20N2O2. The number of ether oxygens (including phenoxy) is 1. The molecule has 3 rings (SSSR count). The molecule has 0 saturated carbocycles. The monoisotopic (exact) mass is 296 g/mol. The molecule has 0 aromatic heterocycles. The molecule has 1 unspecified atom stereocenters. The molecule has 2 amide bonds. The van der Waals surface area contributed by atoms with Gasteiger partial charge in [-0.05, 0) is 23.3 Å². The Morgan fingerprint density at radius 3 is 2.59 bits per heavy atom. The summed E-state index contributed by atoms with van der Waals surface area (Å²) < 4.78 is 5.85. The molecule has 2 aromatic rings. The molecule has 1 heterocycles. The number of likely N-dealkylation sites (N-methyl/N-ethyl adjacent to an activating group) is 1. The number of nitrogens with one attached hydrogen (secondary N) is 1. The van der Waals surface area contributed by atoms with E-state index in [1.165, 1.54) is 11.1 Å². The number of fused-ring (bicyclic) bond motifs is 1. The van der Waals surface area contributed by atoms with Gasteiger partial charge in [0.2, 0.25) is 0 Å². The van der Waals surface area contributed by atoms with Crippen LogP contribution in [0.15, 0.2) is 54.6 Å². The van der Waals surface area contributed by atoms with Crippen molar-refractivity contribution in [2.45, 2.75) is 19.1 Å². The van der Waals surface area contributed by atoms with Crippen LogP contribution < -0.4 is 5.32 Å². The number of urea groups is 1. The molecule has 0 radical (unpaired) electrons. The predicted octanol–water partition coefficient (Wildman–Crippen LogP) is 3.29. The number of carbonyl (C=O) groups is 1. The van der Waals surface area contributed by atoms with Gasteiger partial charge in [-0.3, -0.25) is 0 Å². The molecule has 1 atom stereocenters. The minimum atomic E-state index is -0.117. The molecule has 0 bridgehead atoms. The van der Waals surface area contributed by atoms with Crippen LogP contribution in [-0.2, 0) is 17.8 Å². The van der Waals surface area contributed by atoms with E-state index in [4.69, 9.17) is 4.74 Å². The Morgan fingerprint density at radius 1 is 1.14 bits per heavy atom. The van der Waals surface area contributed by atoms with Gasteiger partial charge < -0.3 is 15.0 Å². The number of hydrogen-bond acceptors (Lipinski definition) is 2. The molecule has 0 spiro atoms. The minimum absolute atomic E-state index is 0.0430. The lowest BCUT2D eigenvalue weighted by Gasteiger charge is -2.29. The summed E-state index contributed by atoms with van der Waals surface area (Å²) in [5, 5.41) is 2.88. The first-order valence-corrected chi connectivity index (χ1v) is 7.48.